The number of rotatable bonds is 6. The molecule has 1 aromatic rings. The Balaban J connectivity index is 2.77. The maximum atomic E-state index is 12.2. The predicted molar refractivity (Wildman–Crippen MR) is 76.5 cm³/mol. The largest absolute Gasteiger partial charge is 0.478 e. The highest BCUT2D eigenvalue weighted by atomic mass is 32.1. The van der Waals surface area contributed by atoms with Gasteiger partial charge in [-0.05, 0) is 37.2 Å². The Bertz CT molecular complexity index is 480. The molecule has 0 unspecified atom stereocenters. The summed E-state index contributed by atoms with van der Waals surface area (Å²) in [6, 6.07) is 1.75. The van der Waals surface area contributed by atoms with Gasteiger partial charge in [0.2, 0.25) is 0 Å². The van der Waals surface area contributed by atoms with Gasteiger partial charge in [-0.2, -0.15) is 0 Å². The van der Waals surface area contributed by atoms with Gasteiger partial charge in [-0.15, -0.1) is 11.3 Å². The zero-order chi connectivity index (χ0) is 14.4. The van der Waals surface area contributed by atoms with Crippen LogP contribution in [0.4, 0.5) is 0 Å². The number of hydrogen-bond donors (Lipinski definition) is 1. The number of aliphatic carboxylic acids is 1. The van der Waals surface area contributed by atoms with Crippen LogP contribution in [-0.2, 0) is 4.79 Å². The maximum absolute atomic E-state index is 12.2. The third-order valence-electron chi connectivity index (χ3n) is 2.52. The Morgan fingerprint density at radius 1 is 1.32 bits per heavy atom. The molecule has 19 heavy (non-hydrogen) atoms. The number of amides is 1. The van der Waals surface area contributed by atoms with Gasteiger partial charge in [-0.1, -0.05) is 0 Å². The Kier molecular flexibility index (Phi) is 5.72. The molecule has 104 valence electrons. The van der Waals surface area contributed by atoms with E-state index in [1.54, 1.807) is 23.4 Å². The van der Waals surface area contributed by atoms with E-state index in [1.165, 1.54) is 17.4 Å². The van der Waals surface area contributed by atoms with Gasteiger partial charge in [0.05, 0.1) is 4.88 Å². The first-order valence-corrected chi connectivity index (χ1v) is 6.68. The monoisotopic (exact) mass is 282 g/mol. The van der Waals surface area contributed by atoms with Crippen LogP contribution in [0.25, 0.3) is 6.08 Å². The highest BCUT2D eigenvalue weighted by Gasteiger charge is 2.16. The van der Waals surface area contributed by atoms with E-state index in [9.17, 15) is 9.59 Å². The summed E-state index contributed by atoms with van der Waals surface area (Å²) in [5, 5.41) is 10.4. The molecule has 0 aliphatic carbocycles. The van der Waals surface area contributed by atoms with Crippen LogP contribution in [0, 0.1) is 0 Å². The second-order valence-corrected chi connectivity index (χ2v) is 5.32. The van der Waals surface area contributed by atoms with Crippen LogP contribution < -0.4 is 0 Å². The lowest BCUT2D eigenvalue weighted by Crippen LogP contribution is -2.33. The minimum Gasteiger partial charge on any atom is -0.478 e. The summed E-state index contributed by atoms with van der Waals surface area (Å²) < 4.78 is 0. The lowest BCUT2D eigenvalue weighted by Gasteiger charge is -2.19. The van der Waals surface area contributed by atoms with Crippen LogP contribution in [-0.4, -0.2) is 61.0 Å². The summed E-state index contributed by atoms with van der Waals surface area (Å²) in [6.45, 7) is 1.42. The van der Waals surface area contributed by atoms with Crippen molar-refractivity contribution in [1.29, 1.82) is 0 Å². The Morgan fingerprint density at radius 3 is 2.58 bits per heavy atom. The molecule has 0 aliphatic rings. The molecule has 1 rings (SSSR count). The van der Waals surface area contributed by atoms with Gasteiger partial charge < -0.3 is 14.9 Å². The van der Waals surface area contributed by atoms with Crippen LogP contribution in [0.2, 0.25) is 0 Å². The molecule has 0 fully saturated rings. The van der Waals surface area contributed by atoms with E-state index in [1.807, 2.05) is 19.0 Å². The van der Waals surface area contributed by atoms with Crippen molar-refractivity contribution in [3.05, 3.63) is 28.0 Å². The summed E-state index contributed by atoms with van der Waals surface area (Å²) in [4.78, 5) is 26.9. The minimum atomic E-state index is -1.02. The first-order chi connectivity index (χ1) is 8.91. The Morgan fingerprint density at radius 2 is 2.00 bits per heavy atom. The fourth-order valence-corrected chi connectivity index (χ4v) is 2.29. The molecule has 0 saturated carbocycles. The van der Waals surface area contributed by atoms with Crippen molar-refractivity contribution >= 4 is 29.3 Å². The maximum Gasteiger partial charge on any atom is 0.328 e. The SMILES string of the molecule is CN(C)CCN(C)C(=O)c1sccc1C=CC(=O)O. The molecule has 0 aliphatic heterocycles. The number of carbonyl (C=O) groups is 2. The van der Waals surface area contributed by atoms with Gasteiger partial charge in [0.25, 0.3) is 5.91 Å². The van der Waals surface area contributed by atoms with Gasteiger partial charge in [0.15, 0.2) is 0 Å². The second kappa shape index (κ2) is 7.06. The van der Waals surface area contributed by atoms with E-state index in [4.69, 9.17) is 5.11 Å². The number of hydrogen-bond acceptors (Lipinski definition) is 4. The average Bonchev–Trinajstić information content (AvgIpc) is 2.80. The van der Waals surface area contributed by atoms with Crippen LogP contribution in [0.3, 0.4) is 0 Å². The van der Waals surface area contributed by atoms with Crippen molar-refractivity contribution in [3.63, 3.8) is 0 Å². The molecule has 1 heterocycles. The van der Waals surface area contributed by atoms with Crippen LogP contribution in [0.5, 0.6) is 0 Å². The van der Waals surface area contributed by atoms with E-state index in [-0.39, 0.29) is 5.91 Å². The molecule has 6 heteroatoms. The topological polar surface area (TPSA) is 60.9 Å². The molecule has 0 aromatic carbocycles. The van der Waals surface area contributed by atoms with Crippen molar-refractivity contribution in [2.24, 2.45) is 0 Å². The van der Waals surface area contributed by atoms with Crippen molar-refractivity contribution < 1.29 is 14.7 Å². The quantitative estimate of drug-likeness (QED) is 0.803. The van der Waals surface area contributed by atoms with Gasteiger partial charge >= 0.3 is 5.97 Å². The van der Waals surface area contributed by atoms with Gasteiger partial charge in [0, 0.05) is 26.2 Å². The summed E-state index contributed by atoms with van der Waals surface area (Å²) in [5.74, 6) is -1.10. The number of carboxylic acid groups (broad SMARTS) is 1. The molecular weight excluding hydrogens is 264 g/mol. The van der Waals surface area contributed by atoms with Gasteiger partial charge in [0.1, 0.15) is 0 Å². The lowest BCUT2D eigenvalue weighted by atomic mass is 10.2. The van der Waals surface area contributed by atoms with Crippen molar-refractivity contribution in [3.8, 4) is 0 Å². The zero-order valence-corrected chi connectivity index (χ0v) is 12.1. The molecule has 5 nitrogen and oxygen atoms in total. The van der Waals surface area contributed by atoms with Crippen LogP contribution in [0.15, 0.2) is 17.5 Å². The molecule has 1 amide bonds. The fourth-order valence-electron chi connectivity index (χ4n) is 1.41. The molecule has 1 N–H and O–H groups in total. The number of carboxylic acids is 1. The Labute approximate surface area is 116 Å². The fraction of sp³-hybridized carbons (Fsp3) is 0.385. The van der Waals surface area contributed by atoms with E-state index < -0.39 is 5.97 Å². The second-order valence-electron chi connectivity index (χ2n) is 4.41. The molecule has 1 aromatic heterocycles. The number of nitrogens with zero attached hydrogens (tertiary/aromatic N) is 2. The first-order valence-electron chi connectivity index (χ1n) is 5.80. The van der Waals surface area contributed by atoms with Crippen molar-refractivity contribution in [2.45, 2.75) is 0 Å². The van der Waals surface area contributed by atoms with Crippen molar-refractivity contribution in [2.75, 3.05) is 34.2 Å². The predicted octanol–water partition coefficient (Wildman–Crippen LogP) is 1.48. The van der Waals surface area contributed by atoms with Crippen molar-refractivity contribution in [1.82, 2.24) is 9.80 Å². The summed E-state index contributed by atoms with van der Waals surface area (Å²) in [7, 11) is 5.64. The third kappa shape index (κ3) is 4.84. The zero-order valence-electron chi connectivity index (χ0n) is 11.3. The third-order valence-corrected chi connectivity index (χ3v) is 3.44. The van der Waals surface area contributed by atoms with E-state index in [0.29, 0.717) is 17.0 Å². The standard InChI is InChI=1S/C13H18N2O3S/c1-14(2)7-8-15(3)13(18)12-10(6-9-19-12)4-5-11(16)17/h4-6,9H,7-8H2,1-3H3,(H,16,17). The molecular formula is C13H18N2O3S. The average molecular weight is 282 g/mol. The summed E-state index contributed by atoms with van der Waals surface area (Å²) in [6.07, 6.45) is 2.49. The van der Waals surface area contributed by atoms with E-state index in [2.05, 4.69) is 0 Å². The molecule has 0 bridgehead atoms. The van der Waals surface area contributed by atoms with Crippen LogP contribution >= 0.6 is 11.3 Å². The van der Waals surface area contributed by atoms with E-state index in [0.717, 1.165) is 12.6 Å². The van der Waals surface area contributed by atoms with E-state index >= 15 is 0 Å². The number of likely N-dealkylation sites (N-methyl/N-ethyl adjacent to an activating group) is 2. The molecule has 0 atom stereocenters. The normalized spacial score (nSPS) is 11.2. The summed E-state index contributed by atoms with van der Waals surface area (Å²) >= 11 is 1.32. The van der Waals surface area contributed by atoms with Gasteiger partial charge in [-0.3, -0.25) is 4.79 Å². The summed E-state index contributed by atoms with van der Waals surface area (Å²) in [5.41, 5.74) is 0.647. The highest BCUT2D eigenvalue weighted by molar-refractivity contribution is 7.12. The smallest absolute Gasteiger partial charge is 0.328 e. The minimum absolute atomic E-state index is 0.0816. The van der Waals surface area contributed by atoms with Crippen LogP contribution in [0.1, 0.15) is 15.2 Å². The highest BCUT2D eigenvalue weighted by Crippen LogP contribution is 2.20. The van der Waals surface area contributed by atoms with Gasteiger partial charge in [-0.25, -0.2) is 4.79 Å². The Hall–Kier alpha value is -1.66. The number of carbonyl (C=O) groups excluding carboxylic acids is 1. The molecule has 0 radical (unpaired) electrons. The molecule has 0 spiro atoms. The number of thiophene rings is 1. The lowest BCUT2D eigenvalue weighted by molar-refractivity contribution is -0.131. The molecule has 0 saturated heterocycles. The first kappa shape index (κ1) is 15.4.